The van der Waals surface area contributed by atoms with Crippen LogP contribution in [0.1, 0.15) is 66.9 Å². The lowest BCUT2D eigenvalue weighted by atomic mass is 9.98. The van der Waals surface area contributed by atoms with E-state index in [9.17, 15) is 29.1 Å². The number of carboxylic acids is 1. The molecule has 19 nitrogen and oxygen atoms in total. The Hall–Kier alpha value is -4.88. The van der Waals surface area contributed by atoms with Crippen molar-refractivity contribution in [2.24, 2.45) is 5.16 Å². The highest BCUT2D eigenvalue weighted by atomic mass is 32.1. The largest absolute Gasteiger partial charge is 0.478 e. The molecule has 246 valence electrons. The van der Waals surface area contributed by atoms with Crippen LogP contribution in [-0.4, -0.2) is 94.9 Å². The molecule has 0 aliphatic carbocycles. The first-order valence-corrected chi connectivity index (χ1v) is 14.4. The van der Waals surface area contributed by atoms with Crippen LogP contribution in [-0.2, 0) is 41.8 Å². The van der Waals surface area contributed by atoms with Crippen molar-refractivity contribution >= 4 is 52.2 Å². The topological polar surface area (TPSA) is 250 Å². The number of carbonyl (C=O) groups excluding carboxylic acids is 4. The number of hydrogen-bond acceptors (Lipinski definition) is 14. The third-order valence-corrected chi connectivity index (χ3v) is 6.15. The van der Waals surface area contributed by atoms with E-state index >= 15 is 0 Å². The number of carbonyl (C=O) groups is 5. The lowest BCUT2D eigenvalue weighted by Gasteiger charge is -2.36. The molecule has 1 fully saturated rings. The summed E-state index contributed by atoms with van der Waals surface area (Å²) in [6.45, 7) is 12.6. The number of ether oxygens (including phenoxy) is 2. The molecule has 0 saturated carbocycles. The maximum Gasteiger partial charge on any atom is 0.413 e. The normalized spacial score (nSPS) is 17.0. The molecule has 1 aliphatic rings. The van der Waals surface area contributed by atoms with E-state index in [-0.39, 0.29) is 29.7 Å². The van der Waals surface area contributed by atoms with E-state index in [1.54, 1.807) is 41.5 Å². The van der Waals surface area contributed by atoms with Crippen LogP contribution in [0, 0.1) is 0 Å². The Labute approximate surface area is 261 Å². The first kappa shape index (κ1) is 34.6. The van der Waals surface area contributed by atoms with Gasteiger partial charge in [-0.15, -0.1) is 21.5 Å². The van der Waals surface area contributed by atoms with Crippen molar-refractivity contribution in [1.82, 2.24) is 41.1 Å². The number of hydrogen-bond donors (Lipinski definition) is 5. The van der Waals surface area contributed by atoms with Crippen LogP contribution in [0.3, 0.4) is 0 Å². The van der Waals surface area contributed by atoms with Crippen LogP contribution in [0.15, 0.2) is 10.5 Å². The third-order valence-electron chi connectivity index (χ3n) is 5.39. The molecule has 3 rings (SSSR count). The number of aliphatic carboxylic acids is 1. The summed E-state index contributed by atoms with van der Waals surface area (Å²) >= 11 is 0.945. The van der Waals surface area contributed by atoms with Gasteiger partial charge in [-0.05, 0) is 60.6 Å². The lowest BCUT2D eigenvalue weighted by Crippen LogP contribution is -2.70. The van der Waals surface area contributed by atoms with E-state index in [2.05, 4.69) is 46.8 Å². The van der Waals surface area contributed by atoms with Crippen molar-refractivity contribution in [2.75, 3.05) is 5.32 Å². The van der Waals surface area contributed by atoms with E-state index < -0.39 is 64.6 Å². The summed E-state index contributed by atoms with van der Waals surface area (Å²) < 4.78 is 10.4. The van der Waals surface area contributed by atoms with Crippen LogP contribution < -0.4 is 21.3 Å². The van der Waals surface area contributed by atoms with Gasteiger partial charge in [-0.25, -0.2) is 19.4 Å². The number of nitrogens with zero attached hydrogens (tertiary/aromatic N) is 6. The number of amides is 4. The standard InChI is InChI=1S/C25H36N10O9S/c1-23(2,3)42-21(40)26-9-14-31-34-35(32-14)10-12-15(17(36)27-12)29-18(37)16(33-44-25(7,8)19(38)39)13-11-45-20(28-13)30-22(41)43-24(4,5)6/h11-12,15H,9-10H2,1-8H3,(H,26,40)(H,27,36)(H,29,37)(H,38,39)(H,28,30,41)/b33-16-/t12-,15+/m1/s1. The van der Waals surface area contributed by atoms with Crippen LogP contribution in [0.2, 0.25) is 0 Å². The number of carboxylic acid groups (broad SMARTS) is 1. The molecule has 0 unspecified atom stereocenters. The Morgan fingerprint density at radius 1 is 1.07 bits per heavy atom. The monoisotopic (exact) mass is 652 g/mol. The second kappa shape index (κ2) is 13.4. The van der Waals surface area contributed by atoms with E-state index in [4.69, 9.17) is 14.3 Å². The quantitative estimate of drug-likeness (QED) is 0.128. The Bertz CT molecular complexity index is 1470. The van der Waals surface area contributed by atoms with Crippen molar-refractivity contribution in [3.05, 3.63) is 16.9 Å². The van der Waals surface area contributed by atoms with E-state index in [0.717, 1.165) is 11.3 Å². The van der Waals surface area contributed by atoms with Crippen LogP contribution in [0.4, 0.5) is 14.7 Å². The van der Waals surface area contributed by atoms with Crippen molar-refractivity contribution in [3.63, 3.8) is 0 Å². The van der Waals surface area contributed by atoms with Gasteiger partial charge in [-0.2, -0.15) is 4.80 Å². The van der Waals surface area contributed by atoms with E-state index in [0.29, 0.717) is 0 Å². The highest BCUT2D eigenvalue weighted by molar-refractivity contribution is 7.14. The van der Waals surface area contributed by atoms with Gasteiger partial charge in [0.2, 0.25) is 11.5 Å². The molecular formula is C25H36N10O9S. The summed E-state index contributed by atoms with van der Waals surface area (Å²) in [7, 11) is 0. The Balaban J connectivity index is 1.70. The average molecular weight is 653 g/mol. The molecule has 0 aromatic carbocycles. The summed E-state index contributed by atoms with van der Waals surface area (Å²) in [5, 5.41) is 36.6. The van der Waals surface area contributed by atoms with E-state index in [1.807, 2.05) is 0 Å². The molecule has 4 amide bonds. The summed E-state index contributed by atoms with van der Waals surface area (Å²) in [5.41, 5.74) is -3.79. The van der Waals surface area contributed by atoms with Crippen LogP contribution in [0.5, 0.6) is 0 Å². The minimum absolute atomic E-state index is 0.00576. The fraction of sp³-hybridized carbons (Fsp3) is 0.600. The predicted molar refractivity (Wildman–Crippen MR) is 156 cm³/mol. The fourth-order valence-corrected chi connectivity index (χ4v) is 3.95. The molecule has 0 spiro atoms. The molecular weight excluding hydrogens is 616 g/mol. The molecule has 1 saturated heterocycles. The number of thiazole rings is 1. The Morgan fingerprint density at radius 3 is 2.31 bits per heavy atom. The fourth-order valence-electron chi connectivity index (χ4n) is 3.27. The van der Waals surface area contributed by atoms with Gasteiger partial charge in [0.25, 0.3) is 5.91 Å². The summed E-state index contributed by atoms with van der Waals surface area (Å²) in [6.07, 6.45) is -1.44. The zero-order valence-electron chi connectivity index (χ0n) is 26.0. The van der Waals surface area contributed by atoms with E-state index in [1.165, 1.54) is 24.0 Å². The predicted octanol–water partition coefficient (Wildman–Crippen LogP) is 0.769. The lowest BCUT2D eigenvalue weighted by molar-refractivity contribution is -0.161. The summed E-state index contributed by atoms with van der Waals surface area (Å²) in [5.74, 6) is -2.60. The van der Waals surface area contributed by atoms with Crippen molar-refractivity contribution in [1.29, 1.82) is 0 Å². The molecule has 45 heavy (non-hydrogen) atoms. The number of aromatic nitrogens is 5. The number of oxime groups is 1. The maximum absolute atomic E-state index is 13.3. The van der Waals surface area contributed by atoms with Gasteiger partial charge in [-0.1, -0.05) is 5.16 Å². The maximum atomic E-state index is 13.3. The number of rotatable bonds is 11. The van der Waals surface area contributed by atoms with Gasteiger partial charge in [0.1, 0.15) is 22.9 Å². The first-order chi connectivity index (χ1) is 20.7. The summed E-state index contributed by atoms with van der Waals surface area (Å²) in [4.78, 5) is 71.8. The highest BCUT2D eigenvalue weighted by Gasteiger charge is 2.42. The third kappa shape index (κ3) is 10.4. The first-order valence-electron chi connectivity index (χ1n) is 13.5. The Morgan fingerprint density at radius 2 is 1.71 bits per heavy atom. The number of nitrogens with one attached hydrogen (secondary N) is 4. The molecule has 3 heterocycles. The molecule has 0 radical (unpaired) electrons. The number of anilines is 1. The SMILES string of the molecule is CC(C)(C)OC(=O)NCc1nnn(C[C@H]2NC(=O)[C@H]2NC(=O)/C(=N\OC(C)(C)C(=O)O)c2csc(NC(=O)OC(C)(C)C)n2)n1. The van der Waals surface area contributed by atoms with Gasteiger partial charge >= 0.3 is 18.2 Å². The molecule has 2 atom stereocenters. The molecule has 0 bridgehead atoms. The number of β-lactam (4-membered cyclic amide) rings is 1. The highest BCUT2D eigenvalue weighted by Crippen LogP contribution is 2.20. The molecule has 2 aromatic heterocycles. The average Bonchev–Trinajstić information content (AvgIpc) is 3.53. The smallest absolute Gasteiger partial charge is 0.413 e. The zero-order valence-corrected chi connectivity index (χ0v) is 26.8. The second-order valence-corrected chi connectivity index (χ2v) is 13.1. The molecule has 1 aliphatic heterocycles. The molecule has 2 aromatic rings. The van der Waals surface area contributed by atoms with Crippen LogP contribution in [0.25, 0.3) is 0 Å². The van der Waals surface area contributed by atoms with Gasteiger partial charge in [0.05, 0.1) is 19.1 Å². The number of tetrazole rings is 1. The zero-order chi connectivity index (χ0) is 33.7. The van der Waals surface area contributed by atoms with Crippen molar-refractivity contribution in [2.45, 2.75) is 97.4 Å². The van der Waals surface area contributed by atoms with Crippen molar-refractivity contribution < 1.29 is 43.4 Å². The van der Waals surface area contributed by atoms with Gasteiger partial charge < -0.3 is 35.4 Å². The summed E-state index contributed by atoms with van der Waals surface area (Å²) in [6, 6.07) is -1.73. The van der Waals surface area contributed by atoms with Gasteiger partial charge in [-0.3, -0.25) is 14.9 Å². The van der Waals surface area contributed by atoms with Crippen molar-refractivity contribution in [3.8, 4) is 0 Å². The van der Waals surface area contributed by atoms with Crippen LogP contribution >= 0.6 is 11.3 Å². The Kier molecular flexibility index (Phi) is 10.3. The molecule has 5 N–H and O–H groups in total. The van der Waals surface area contributed by atoms with Gasteiger partial charge in [0, 0.05) is 5.38 Å². The minimum Gasteiger partial charge on any atom is -0.478 e. The minimum atomic E-state index is -1.82. The number of alkyl carbamates (subject to hydrolysis) is 1. The van der Waals surface area contributed by atoms with Gasteiger partial charge in [0.15, 0.2) is 16.7 Å². The second-order valence-electron chi connectivity index (χ2n) is 12.2. The molecule has 20 heteroatoms.